The molecule has 0 bridgehead atoms. The maximum atomic E-state index is 11.0. The van der Waals surface area contributed by atoms with Gasteiger partial charge in [-0.3, -0.25) is 10.2 Å². The number of amidine groups is 1. The summed E-state index contributed by atoms with van der Waals surface area (Å²) in [6.07, 6.45) is -0.0252. The maximum absolute atomic E-state index is 11.0. The van der Waals surface area contributed by atoms with E-state index < -0.39 is 5.91 Å². The van der Waals surface area contributed by atoms with Crippen LogP contribution >= 0.6 is 12.4 Å². The van der Waals surface area contributed by atoms with Gasteiger partial charge >= 0.3 is 0 Å². The SMILES string of the molecule is Cl.N=C(N)c1ccc2c(CC(N)=O)c(O)ccc2c1. The second kappa shape index (κ2) is 5.58. The predicted octanol–water partition coefficient (Wildman–Crippen LogP) is 1.28. The van der Waals surface area contributed by atoms with E-state index in [9.17, 15) is 9.90 Å². The number of phenolic OH excluding ortho intramolecular Hbond substituents is 1. The molecule has 2 rings (SSSR count). The number of carbonyl (C=O) groups is 1. The van der Waals surface area contributed by atoms with Crippen LogP contribution in [0.15, 0.2) is 30.3 Å². The van der Waals surface area contributed by atoms with Gasteiger partial charge in [0, 0.05) is 11.1 Å². The third-order valence-electron chi connectivity index (χ3n) is 2.77. The first-order valence-corrected chi connectivity index (χ1v) is 5.36. The summed E-state index contributed by atoms with van der Waals surface area (Å²) >= 11 is 0. The Morgan fingerprint density at radius 1 is 1.21 bits per heavy atom. The van der Waals surface area contributed by atoms with Crippen molar-refractivity contribution in [1.29, 1.82) is 5.41 Å². The lowest BCUT2D eigenvalue weighted by atomic mass is 9.99. The molecule has 2 aromatic rings. The van der Waals surface area contributed by atoms with E-state index in [2.05, 4.69) is 0 Å². The zero-order valence-electron chi connectivity index (χ0n) is 10.0. The molecule has 0 aromatic heterocycles. The molecular weight excluding hydrogens is 266 g/mol. The monoisotopic (exact) mass is 279 g/mol. The van der Waals surface area contributed by atoms with Gasteiger partial charge in [0.15, 0.2) is 0 Å². The average Bonchev–Trinajstić information content (AvgIpc) is 2.31. The number of nitrogens with one attached hydrogen (secondary N) is 1. The number of carbonyl (C=O) groups excluding carboxylic acids is 1. The number of primary amides is 1. The van der Waals surface area contributed by atoms with E-state index in [4.69, 9.17) is 16.9 Å². The van der Waals surface area contributed by atoms with Crippen molar-refractivity contribution in [2.24, 2.45) is 11.5 Å². The summed E-state index contributed by atoms with van der Waals surface area (Å²) in [7, 11) is 0. The number of hydrogen-bond donors (Lipinski definition) is 4. The summed E-state index contributed by atoms with van der Waals surface area (Å²) in [5, 5.41) is 18.7. The molecule has 0 fully saturated rings. The molecular formula is C13H14ClN3O2. The van der Waals surface area contributed by atoms with Gasteiger partial charge in [-0.25, -0.2) is 0 Å². The summed E-state index contributed by atoms with van der Waals surface area (Å²) < 4.78 is 0. The fraction of sp³-hybridized carbons (Fsp3) is 0.0769. The van der Waals surface area contributed by atoms with Crippen LogP contribution in [0.4, 0.5) is 0 Å². The molecule has 5 nitrogen and oxygen atoms in total. The third kappa shape index (κ3) is 2.95. The quantitative estimate of drug-likeness (QED) is 0.501. The molecule has 0 radical (unpaired) electrons. The smallest absolute Gasteiger partial charge is 0.222 e. The molecule has 0 saturated heterocycles. The van der Waals surface area contributed by atoms with Crippen LogP contribution in [0.2, 0.25) is 0 Å². The van der Waals surface area contributed by atoms with E-state index in [-0.39, 0.29) is 30.4 Å². The van der Waals surface area contributed by atoms with E-state index in [0.717, 1.165) is 10.8 Å². The number of benzene rings is 2. The van der Waals surface area contributed by atoms with E-state index in [0.29, 0.717) is 11.1 Å². The van der Waals surface area contributed by atoms with Crippen molar-refractivity contribution in [3.8, 4) is 5.75 Å². The molecule has 1 amide bonds. The Morgan fingerprint density at radius 3 is 2.47 bits per heavy atom. The van der Waals surface area contributed by atoms with Crippen LogP contribution in [0.3, 0.4) is 0 Å². The Morgan fingerprint density at radius 2 is 1.89 bits per heavy atom. The van der Waals surface area contributed by atoms with E-state index in [1.165, 1.54) is 6.07 Å². The first kappa shape index (κ1) is 14.8. The predicted molar refractivity (Wildman–Crippen MR) is 76.8 cm³/mol. The highest BCUT2D eigenvalue weighted by Gasteiger charge is 2.10. The highest BCUT2D eigenvalue weighted by Crippen LogP contribution is 2.28. The molecule has 19 heavy (non-hydrogen) atoms. The molecule has 0 aliphatic rings. The lowest BCUT2D eigenvalue weighted by molar-refractivity contribution is -0.117. The zero-order valence-corrected chi connectivity index (χ0v) is 10.8. The number of aromatic hydroxyl groups is 1. The van der Waals surface area contributed by atoms with Crippen molar-refractivity contribution in [3.05, 3.63) is 41.5 Å². The van der Waals surface area contributed by atoms with Gasteiger partial charge in [0.2, 0.25) is 5.91 Å². The first-order chi connectivity index (χ1) is 8.49. The number of phenols is 1. The third-order valence-corrected chi connectivity index (χ3v) is 2.77. The van der Waals surface area contributed by atoms with Gasteiger partial charge in [0.1, 0.15) is 11.6 Å². The van der Waals surface area contributed by atoms with Gasteiger partial charge in [0.25, 0.3) is 0 Å². The first-order valence-electron chi connectivity index (χ1n) is 5.36. The molecule has 0 spiro atoms. The Bertz CT molecular complexity index is 656. The maximum Gasteiger partial charge on any atom is 0.222 e. The molecule has 0 aliphatic heterocycles. The minimum absolute atomic E-state index is 0. The summed E-state index contributed by atoms with van der Waals surface area (Å²) in [5.41, 5.74) is 11.7. The van der Waals surface area contributed by atoms with Crippen LogP contribution in [-0.4, -0.2) is 16.8 Å². The number of halogens is 1. The second-order valence-corrected chi connectivity index (χ2v) is 4.06. The Kier molecular flexibility index (Phi) is 4.34. The molecule has 0 saturated carbocycles. The highest BCUT2D eigenvalue weighted by atomic mass is 35.5. The van der Waals surface area contributed by atoms with E-state index >= 15 is 0 Å². The number of nitrogens with two attached hydrogens (primary N) is 2. The van der Waals surface area contributed by atoms with Crippen molar-refractivity contribution < 1.29 is 9.90 Å². The van der Waals surface area contributed by atoms with Crippen LogP contribution in [0.5, 0.6) is 5.75 Å². The van der Waals surface area contributed by atoms with Crippen LogP contribution in [0, 0.1) is 5.41 Å². The Labute approximate surface area is 116 Å². The van der Waals surface area contributed by atoms with Gasteiger partial charge in [-0.2, -0.15) is 0 Å². The van der Waals surface area contributed by atoms with Crippen molar-refractivity contribution in [2.45, 2.75) is 6.42 Å². The summed E-state index contributed by atoms with van der Waals surface area (Å²) in [6.45, 7) is 0. The highest BCUT2D eigenvalue weighted by molar-refractivity contribution is 6.00. The normalized spacial score (nSPS) is 9.89. The van der Waals surface area contributed by atoms with Gasteiger partial charge in [-0.05, 0) is 22.9 Å². The summed E-state index contributed by atoms with van der Waals surface area (Å²) in [4.78, 5) is 11.0. The summed E-state index contributed by atoms with van der Waals surface area (Å²) in [5.74, 6) is -0.494. The molecule has 6 N–H and O–H groups in total. The minimum Gasteiger partial charge on any atom is -0.508 e. The Hall–Kier alpha value is -2.27. The molecule has 100 valence electrons. The summed E-state index contributed by atoms with van der Waals surface area (Å²) in [6, 6.07) is 8.35. The molecule has 0 heterocycles. The topological polar surface area (TPSA) is 113 Å². The Balaban J connectivity index is 0.00000180. The van der Waals surface area contributed by atoms with Crippen LogP contribution in [0.25, 0.3) is 10.8 Å². The zero-order chi connectivity index (χ0) is 13.3. The lowest BCUT2D eigenvalue weighted by Gasteiger charge is -2.09. The van der Waals surface area contributed by atoms with Crippen LogP contribution < -0.4 is 11.5 Å². The minimum atomic E-state index is -0.506. The average molecular weight is 280 g/mol. The lowest BCUT2D eigenvalue weighted by Crippen LogP contribution is -2.14. The number of amides is 1. The number of hydrogen-bond acceptors (Lipinski definition) is 3. The van der Waals surface area contributed by atoms with Crippen LogP contribution in [-0.2, 0) is 11.2 Å². The van der Waals surface area contributed by atoms with E-state index in [1.807, 2.05) is 0 Å². The second-order valence-electron chi connectivity index (χ2n) is 4.06. The van der Waals surface area contributed by atoms with Crippen molar-refractivity contribution in [2.75, 3.05) is 0 Å². The van der Waals surface area contributed by atoms with Gasteiger partial charge < -0.3 is 16.6 Å². The standard InChI is InChI=1S/C13H13N3O2.ClH/c14-12(18)6-10-9-3-1-8(13(15)16)5-7(9)2-4-11(10)17;/h1-5,17H,6H2,(H2,14,18)(H3,15,16);1H. The van der Waals surface area contributed by atoms with Crippen molar-refractivity contribution in [1.82, 2.24) is 0 Å². The van der Waals surface area contributed by atoms with Crippen molar-refractivity contribution in [3.63, 3.8) is 0 Å². The van der Waals surface area contributed by atoms with Gasteiger partial charge in [-0.15, -0.1) is 12.4 Å². The number of nitrogen functional groups attached to an aromatic ring is 1. The number of fused-ring (bicyclic) bond motifs is 1. The largest absolute Gasteiger partial charge is 0.508 e. The van der Waals surface area contributed by atoms with Gasteiger partial charge in [-0.1, -0.05) is 18.2 Å². The molecule has 0 unspecified atom stereocenters. The molecule has 0 aliphatic carbocycles. The van der Waals surface area contributed by atoms with E-state index in [1.54, 1.807) is 24.3 Å². The fourth-order valence-electron chi connectivity index (χ4n) is 1.91. The molecule has 6 heteroatoms. The fourth-order valence-corrected chi connectivity index (χ4v) is 1.91. The van der Waals surface area contributed by atoms with Crippen LogP contribution in [0.1, 0.15) is 11.1 Å². The van der Waals surface area contributed by atoms with Crippen molar-refractivity contribution >= 4 is 34.9 Å². The molecule has 2 aromatic carbocycles. The van der Waals surface area contributed by atoms with Gasteiger partial charge in [0.05, 0.1) is 6.42 Å². The molecule has 0 atom stereocenters. The number of rotatable bonds is 3.